The van der Waals surface area contributed by atoms with Gasteiger partial charge in [0.15, 0.2) is 0 Å². The minimum Gasteiger partial charge on any atom is -0.393 e. The first kappa shape index (κ1) is 16.0. The third-order valence-corrected chi connectivity index (χ3v) is 4.22. The van der Waals surface area contributed by atoms with E-state index in [1.807, 2.05) is 0 Å². The summed E-state index contributed by atoms with van der Waals surface area (Å²) in [7, 11) is 0. The number of aliphatic hydroxyl groups excluding tert-OH is 1. The van der Waals surface area contributed by atoms with E-state index in [9.17, 15) is 14.7 Å². The summed E-state index contributed by atoms with van der Waals surface area (Å²) in [5.74, 6) is -0.380. The van der Waals surface area contributed by atoms with Gasteiger partial charge in [0, 0.05) is 22.5 Å². The SMILES string of the molecule is O=C(CNC(=O)c1ccc(Br)cc1)NCC1CCCC1O. The van der Waals surface area contributed by atoms with Crippen molar-refractivity contribution in [1.29, 1.82) is 0 Å². The van der Waals surface area contributed by atoms with Gasteiger partial charge in [-0.25, -0.2) is 0 Å². The number of carbonyl (C=O) groups is 2. The van der Waals surface area contributed by atoms with Gasteiger partial charge in [-0.2, -0.15) is 0 Å². The molecule has 0 radical (unpaired) electrons. The molecule has 2 unspecified atom stereocenters. The van der Waals surface area contributed by atoms with Crippen LogP contribution in [0.15, 0.2) is 28.7 Å². The van der Waals surface area contributed by atoms with Gasteiger partial charge in [-0.3, -0.25) is 9.59 Å². The molecule has 0 aromatic heterocycles. The third kappa shape index (κ3) is 4.82. The van der Waals surface area contributed by atoms with Crippen LogP contribution < -0.4 is 10.6 Å². The topological polar surface area (TPSA) is 78.4 Å². The summed E-state index contributed by atoms with van der Waals surface area (Å²) in [5.41, 5.74) is 0.511. The highest BCUT2D eigenvalue weighted by atomic mass is 79.9. The van der Waals surface area contributed by atoms with E-state index < -0.39 is 0 Å². The van der Waals surface area contributed by atoms with E-state index in [4.69, 9.17) is 0 Å². The van der Waals surface area contributed by atoms with Crippen LogP contribution in [0.3, 0.4) is 0 Å². The van der Waals surface area contributed by atoms with E-state index in [0.29, 0.717) is 12.1 Å². The van der Waals surface area contributed by atoms with E-state index in [-0.39, 0.29) is 30.4 Å². The van der Waals surface area contributed by atoms with E-state index in [0.717, 1.165) is 23.7 Å². The largest absolute Gasteiger partial charge is 0.393 e. The Morgan fingerprint density at radius 2 is 1.90 bits per heavy atom. The molecular formula is C15H19BrN2O3. The fourth-order valence-electron chi connectivity index (χ4n) is 2.43. The summed E-state index contributed by atoms with van der Waals surface area (Å²) in [6.07, 6.45) is 2.43. The molecule has 0 aliphatic heterocycles. The highest BCUT2D eigenvalue weighted by Crippen LogP contribution is 2.24. The Morgan fingerprint density at radius 3 is 2.52 bits per heavy atom. The molecule has 2 atom stereocenters. The Balaban J connectivity index is 1.71. The number of hydrogen-bond donors (Lipinski definition) is 3. The van der Waals surface area contributed by atoms with Crippen molar-refractivity contribution in [3.05, 3.63) is 34.3 Å². The van der Waals surface area contributed by atoms with Crippen LogP contribution in [0.25, 0.3) is 0 Å². The number of hydrogen-bond acceptors (Lipinski definition) is 3. The first-order chi connectivity index (χ1) is 10.1. The number of carbonyl (C=O) groups excluding carboxylic acids is 2. The summed E-state index contributed by atoms with van der Waals surface area (Å²) in [5, 5.41) is 15.0. The first-order valence-electron chi connectivity index (χ1n) is 7.05. The standard InChI is InChI=1S/C15H19BrN2O3/c16-12-6-4-10(5-7-12)15(21)18-9-14(20)17-8-11-2-1-3-13(11)19/h4-7,11,13,19H,1-3,8-9H2,(H,17,20)(H,18,21). The van der Waals surface area contributed by atoms with Gasteiger partial charge < -0.3 is 15.7 Å². The molecule has 21 heavy (non-hydrogen) atoms. The number of nitrogens with one attached hydrogen (secondary N) is 2. The average Bonchev–Trinajstić information content (AvgIpc) is 2.88. The predicted molar refractivity (Wildman–Crippen MR) is 82.8 cm³/mol. The molecule has 3 N–H and O–H groups in total. The van der Waals surface area contributed by atoms with Crippen molar-refractivity contribution in [3.8, 4) is 0 Å². The average molecular weight is 355 g/mol. The van der Waals surface area contributed by atoms with Crippen molar-refractivity contribution in [3.63, 3.8) is 0 Å². The Labute approximate surface area is 132 Å². The fourth-order valence-corrected chi connectivity index (χ4v) is 2.69. The van der Waals surface area contributed by atoms with E-state index >= 15 is 0 Å². The molecule has 0 saturated heterocycles. The van der Waals surface area contributed by atoms with Gasteiger partial charge in [0.2, 0.25) is 5.91 Å². The van der Waals surface area contributed by atoms with Crippen molar-refractivity contribution < 1.29 is 14.7 Å². The van der Waals surface area contributed by atoms with Crippen molar-refractivity contribution in [1.82, 2.24) is 10.6 Å². The van der Waals surface area contributed by atoms with Gasteiger partial charge in [0.05, 0.1) is 12.6 Å². The van der Waals surface area contributed by atoms with Crippen LogP contribution in [0.4, 0.5) is 0 Å². The molecule has 0 heterocycles. The number of halogens is 1. The second-order valence-corrected chi connectivity index (χ2v) is 6.17. The van der Waals surface area contributed by atoms with E-state index in [1.54, 1.807) is 24.3 Å². The molecule has 114 valence electrons. The maximum atomic E-state index is 11.8. The van der Waals surface area contributed by atoms with Crippen LogP contribution in [-0.2, 0) is 4.79 Å². The van der Waals surface area contributed by atoms with Crippen LogP contribution in [0.5, 0.6) is 0 Å². The zero-order valence-corrected chi connectivity index (χ0v) is 13.2. The minimum absolute atomic E-state index is 0.0578. The highest BCUT2D eigenvalue weighted by molar-refractivity contribution is 9.10. The molecule has 1 aliphatic rings. The summed E-state index contributed by atoms with van der Waals surface area (Å²) in [6, 6.07) is 6.92. The molecule has 1 saturated carbocycles. The Bertz CT molecular complexity index is 504. The number of aliphatic hydroxyl groups is 1. The van der Waals surface area contributed by atoms with Gasteiger partial charge in [0.25, 0.3) is 5.91 Å². The molecule has 1 aromatic carbocycles. The van der Waals surface area contributed by atoms with Gasteiger partial charge in [-0.15, -0.1) is 0 Å². The van der Waals surface area contributed by atoms with Crippen molar-refractivity contribution in [2.24, 2.45) is 5.92 Å². The number of rotatable bonds is 5. The number of benzene rings is 1. The van der Waals surface area contributed by atoms with Gasteiger partial charge >= 0.3 is 0 Å². The van der Waals surface area contributed by atoms with Gasteiger partial charge in [-0.1, -0.05) is 22.4 Å². The number of amides is 2. The van der Waals surface area contributed by atoms with E-state index in [2.05, 4.69) is 26.6 Å². The van der Waals surface area contributed by atoms with Crippen LogP contribution in [-0.4, -0.2) is 36.1 Å². The lowest BCUT2D eigenvalue weighted by molar-refractivity contribution is -0.120. The Hall–Kier alpha value is -1.40. The quantitative estimate of drug-likeness (QED) is 0.748. The highest BCUT2D eigenvalue weighted by Gasteiger charge is 2.25. The molecule has 0 bridgehead atoms. The lowest BCUT2D eigenvalue weighted by atomic mass is 10.1. The van der Waals surface area contributed by atoms with E-state index in [1.165, 1.54) is 0 Å². The van der Waals surface area contributed by atoms with Crippen LogP contribution in [0.1, 0.15) is 29.6 Å². The Kier molecular flexibility index (Phi) is 5.76. The molecule has 1 aliphatic carbocycles. The summed E-state index contributed by atoms with van der Waals surface area (Å²) in [6.45, 7) is 0.409. The van der Waals surface area contributed by atoms with Crippen molar-refractivity contribution >= 4 is 27.7 Å². The first-order valence-corrected chi connectivity index (χ1v) is 7.84. The smallest absolute Gasteiger partial charge is 0.251 e. The van der Waals surface area contributed by atoms with Crippen LogP contribution >= 0.6 is 15.9 Å². The predicted octanol–water partition coefficient (Wildman–Crippen LogP) is 1.46. The third-order valence-electron chi connectivity index (χ3n) is 3.70. The van der Waals surface area contributed by atoms with Crippen LogP contribution in [0.2, 0.25) is 0 Å². The maximum absolute atomic E-state index is 11.8. The molecule has 1 aromatic rings. The van der Waals surface area contributed by atoms with Crippen molar-refractivity contribution in [2.45, 2.75) is 25.4 Å². The minimum atomic E-state index is -0.317. The van der Waals surface area contributed by atoms with Gasteiger partial charge in [0.1, 0.15) is 0 Å². The lowest BCUT2D eigenvalue weighted by Gasteiger charge is -2.15. The fraction of sp³-hybridized carbons (Fsp3) is 0.467. The zero-order chi connectivity index (χ0) is 15.2. The normalized spacial score (nSPS) is 21.0. The molecular weight excluding hydrogens is 336 g/mol. The Morgan fingerprint density at radius 1 is 1.19 bits per heavy atom. The molecule has 0 spiro atoms. The molecule has 2 rings (SSSR count). The second kappa shape index (κ2) is 7.56. The van der Waals surface area contributed by atoms with Gasteiger partial charge in [-0.05, 0) is 37.1 Å². The molecule has 2 amide bonds. The lowest BCUT2D eigenvalue weighted by Crippen LogP contribution is -2.39. The van der Waals surface area contributed by atoms with Crippen molar-refractivity contribution in [2.75, 3.05) is 13.1 Å². The summed E-state index contributed by atoms with van der Waals surface area (Å²) >= 11 is 3.30. The molecule has 1 fully saturated rings. The molecule has 5 nitrogen and oxygen atoms in total. The summed E-state index contributed by atoms with van der Waals surface area (Å²) in [4.78, 5) is 23.5. The maximum Gasteiger partial charge on any atom is 0.251 e. The summed E-state index contributed by atoms with van der Waals surface area (Å²) < 4.78 is 0.895. The molecule has 6 heteroatoms. The zero-order valence-electron chi connectivity index (χ0n) is 11.6. The monoisotopic (exact) mass is 354 g/mol. The second-order valence-electron chi connectivity index (χ2n) is 5.25. The van der Waals surface area contributed by atoms with Crippen LogP contribution in [0, 0.1) is 5.92 Å².